The normalized spacial score (nSPS) is 11.1. The first-order chi connectivity index (χ1) is 12.9. The van der Waals surface area contributed by atoms with Crippen LogP contribution in [0.1, 0.15) is 11.3 Å². The summed E-state index contributed by atoms with van der Waals surface area (Å²) in [4.78, 5) is 12.3. The molecule has 3 aromatic rings. The second kappa shape index (κ2) is 7.72. The Bertz CT molecular complexity index is 1030. The minimum atomic E-state index is -0.855. The van der Waals surface area contributed by atoms with E-state index in [0.29, 0.717) is 22.0 Å². The molecule has 7 heteroatoms. The molecule has 1 N–H and O–H groups in total. The Hall–Kier alpha value is -2.99. The number of carbonyl (C=O) groups excluding carboxylic acids is 1. The highest BCUT2D eigenvalue weighted by molar-refractivity contribution is 6.31. The first kappa shape index (κ1) is 18.8. The zero-order valence-electron chi connectivity index (χ0n) is 14.6. The highest BCUT2D eigenvalue weighted by atomic mass is 35.5. The monoisotopic (exact) mass is 387 g/mol. The molecule has 1 heterocycles. The number of hydrogen-bond donors (Lipinski definition) is 1. The lowest BCUT2D eigenvalue weighted by molar-refractivity contribution is -0.111. The van der Waals surface area contributed by atoms with Crippen molar-refractivity contribution in [1.82, 2.24) is 9.78 Å². The van der Waals surface area contributed by atoms with E-state index in [9.17, 15) is 13.6 Å². The molecule has 0 aliphatic heterocycles. The molecule has 0 saturated carbocycles. The van der Waals surface area contributed by atoms with E-state index >= 15 is 0 Å². The molecule has 0 fully saturated rings. The van der Waals surface area contributed by atoms with Gasteiger partial charge in [0.2, 0.25) is 5.91 Å². The predicted octanol–water partition coefficient (Wildman–Crippen LogP) is 4.98. The second-order valence-electron chi connectivity index (χ2n) is 5.91. The van der Waals surface area contributed by atoms with Crippen molar-refractivity contribution in [3.05, 3.63) is 76.6 Å². The Morgan fingerprint density at radius 2 is 1.93 bits per heavy atom. The number of carbonyl (C=O) groups is 1. The Kier molecular flexibility index (Phi) is 5.37. The van der Waals surface area contributed by atoms with Crippen LogP contribution in [0.25, 0.3) is 17.2 Å². The number of rotatable bonds is 4. The standard InChI is InChI=1S/C20H16ClF2N3O/c1-12-15(20(21)26(2)25-12)8-9-18(27)24-19-16(10-14(22)11-17(19)23)13-6-4-3-5-7-13/h3-11H,1-2H3,(H,24,27). The molecule has 0 atom stereocenters. The van der Waals surface area contributed by atoms with E-state index in [2.05, 4.69) is 10.4 Å². The van der Waals surface area contributed by atoms with Gasteiger partial charge in [-0.2, -0.15) is 5.10 Å². The van der Waals surface area contributed by atoms with E-state index in [0.717, 1.165) is 6.07 Å². The quantitative estimate of drug-likeness (QED) is 0.642. The van der Waals surface area contributed by atoms with Gasteiger partial charge in [-0.25, -0.2) is 8.78 Å². The predicted molar refractivity (Wildman–Crippen MR) is 102 cm³/mol. The van der Waals surface area contributed by atoms with Crippen LogP contribution in [-0.2, 0) is 11.8 Å². The summed E-state index contributed by atoms with van der Waals surface area (Å²) in [6.07, 6.45) is 2.73. The van der Waals surface area contributed by atoms with Crippen LogP contribution in [0.3, 0.4) is 0 Å². The van der Waals surface area contributed by atoms with Crippen LogP contribution in [-0.4, -0.2) is 15.7 Å². The molecular weight excluding hydrogens is 372 g/mol. The van der Waals surface area contributed by atoms with Gasteiger partial charge in [0.15, 0.2) is 0 Å². The van der Waals surface area contributed by atoms with Gasteiger partial charge in [-0.15, -0.1) is 0 Å². The van der Waals surface area contributed by atoms with Gasteiger partial charge in [-0.1, -0.05) is 41.9 Å². The highest BCUT2D eigenvalue weighted by Gasteiger charge is 2.15. The van der Waals surface area contributed by atoms with Gasteiger partial charge in [0.05, 0.1) is 11.4 Å². The molecule has 0 spiro atoms. The van der Waals surface area contributed by atoms with Crippen molar-refractivity contribution in [2.45, 2.75) is 6.92 Å². The third-order valence-corrected chi connectivity index (χ3v) is 4.43. The van der Waals surface area contributed by atoms with Crippen LogP contribution < -0.4 is 5.32 Å². The lowest BCUT2D eigenvalue weighted by Gasteiger charge is -2.12. The van der Waals surface area contributed by atoms with Gasteiger partial charge >= 0.3 is 0 Å². The molecule has 2 aromatic carbocycles. The second-order valence-corrected chi connectivity index (χ2v) is 6.27. The number of anilines is 1. The number of hydrogen-bond acceptors (Lipinski definition) is 2. The van der Waals surface area contributed by atoms with Crippen LogP contribution in [0.4, 0.5) is 14.5 Å². The fraction of sp³-hybridized carbons (Fsp3) is 0.100. The number of benzene rings is 2. The first-order valence-electron chi connectivity index (χ1n) is 8.09. The van der Waals surface area contributed by atoms with Gasteiger partial charge in [0.1, 0.15) is 16.8 Å². The first-order valence-corrected chi connectivity index (χ1v) is 8.47. The molecule has 0 aliphatic carbocycles. The zero-order valence-corrected chi connectivity index (χ0v) is 15.4. The minimum Gasteiger partial charge on any atom is -0.319 e. The van der Waals surface area contributed by atoms with Gasteiger partial charge in [-0.3, -0.25) is 9.48 Å². The summed E-state index contributed by atoms with van der Waals surface area (Å²) in [6, 6.07) is 10.6. The maximum atomic E-state index is 14.3. The van der Waals surface area contributed by atoms with E-state index in [-0.39, 0.29) is 11.3 Å². The Labute approximate surface area is 160 Å². The number of nitrogens with zero attached hydrogens (tertiary/aromatic N) is 2. The van der Waals surface area contributed by atoms with Crippen molar-refractivity contribution in [2.75, 3.05) is 5.32 Å². The van der Waals surface area contributed by atoms with Crippen LogP contribution in [0.2, 0.25) is 5.15 Å². The molecule has 1 amide bonds. The van der Waals surface area contributed by atoms with Gasteiger partial charge in [0.25, 0.3) is 0 Å². The van der Waals surface area contributed by atoms with E-state index in [1.165, 1.54) is 22.9 Å². The summed E-state index contributed by atoms with van der Waals surface area (Å²) in [7, 11) is 1.69. The highest BCUT2D eigenvalue weighted by Crippen LogP contribution is 2.31. The average Bonchev–Trinajstić information content (AvgIpc) is 2.88. The topological polar surface area (TPSA) is 46.9 Å². The van der Waals surface area contributed by atoms with E-state index < -0.39 is 17.5 Å². The average molecular weight is 388 g/mol. The van der Waals surface area contributed by atoms with Crippen molar-refractivity contribution in [3.8, 4) is 11.1 Å². The van der Waals surface area contributed by atoms with Crippen LogP contribution in [0.15, 0.2) is 48.5 Å². The molecular formula is C20H16ClF2N3O. The van der Waals surface area contributed by atoms with E-state index in [4.69, 9.17) is 11.6 Å². The van der Waals surface area contributed by atoms with Gasteiger partial charge < -0.3 is 5.32 Å². The largest absolute Gasteiger partial charge is 0.319 e. The number of aryl methyl sites for hydroxylation is 2. The summed E-state index contributed by atoms with van der Waals surface area (Å²) >= 11 is 6.12. The lowest BCUT2D eigenvalue weighted by Crippen LogP contribution is -2.11. The molecule has 0 radical (unpaired) electrons. The molecule has 0 unspecified atom stereocenters. The van der Waals surface area contributed by atoms with E-state index in [1.807, 2.05) is 0 Å². The molecule has 4 nitrogen and oxygen atoms in total. The third kappa shape index (κ3) is 4.06. The summed E-state index contributed by atoms with van der Waals surface area (Å²) in [5.41, 5.74) is 2.00. The van der Waals surface area contributed by atoms with Crippen molar-refractivity contribution in [2.24, 2.45) is 7.05 Å². The van der Waals surface area contributed by atoms with Crippen LogP contribution in [0.5, 0.6) is 0 Å². The summed E-state index contributed by atoms with van der Waals surface area (Å²) in [6.45, 7) is 1.76. The molecule has 3 rings (SSSR count). The molecule has 138 valence electrons. The Morgan fingerprint density at radius 1 is 1.22 bits per heavy atom. The zero-order chi connectivity index (χ0) is 19.6. The smallest absolute Gasteiger partial charge is 0.248 e. The van der Waals surface area contributed by atoms with Crippen LogP contribution >= 0.6 is 11.6 Å². The summed E-state index contributed by atoms with van der Waals surface area (Å²) in [5.74, 6) is -2.15. The summed E-state index contributed by atoms with van der Waals surface area (Å²) in [5, 5.41) is 7.02. The minimum absolute atomic E-state index is 0.0914. The van der Waals surface area contributed by atoms with Gasteiger partial charge in [-0.05, 0) is 24.6 Å². The fourth-order valence-electron chi connectivity index (χ4n) is 2.71. The molecule has 1 aromatic heterocycles. The van der Waals surface area contributed by atoms with E-state index in [1.54, 1.807) is 44.3 Å². The van der Waals surface area contributed by atoms with Gasteiger partial charge in [0, 0.05) is 30.3 Å². The number of halogens is 3. The summed E-state index contributed by atoms with van der Waals surface area (Å²) < 4.78 is 29.5. The number of nitrogens with one attached hydrogen (secondary N) is 1. The molecule has 0 aliphatic rings. The van der Waals surface area contributed by atoms with Crippen molar-refractivity contribution in [1.29, 1.82) is 0 Å². The van der Waals surface area contributed by atoms with Crippen molar-refractivity contribution in [3.63, 3.8) is 0 Å². The molecule has 0 bridgehead atoms. The van der Waals surface area contributed by atoms with Crippen molar-refractivity contribution < 1.29 is 13.6 Å². The lowest BCUT2D eigenvalue weighted by atomic mass is 10.0. The maximum Gasteiger partial charge on any atom is 0.248 e. The molecule has 27 heavy (non-hydrogen) atoms. The maximum absolute atomic E-state index is 14.3. The fourth-order valence-corrected chi connectivity index (χ4v) is 2.94. The molecule has 0 saturated heterocycles. The Balaban J connectivity index is 1.91. The Morgan fingerprint density at radius 3 is 2.56 bits per heavy atom. The van der Waals surface area contributed by atoms with Crippen LogP contribution in [0, 0.1) is 18.6 Å². The third-order valence-electron chi connectivity index (χ3n) is 3.99. The van der Waals surface area contributed by atoms with Crippen molar-refractivity contribution >= 4 is 29.3 Å². The SMILES string of the molecule is Cc1nn(C)c(Cl)c1C=CC(=O)Nc1c(F)cc(F)cc1-c1ccccc1. The number of amides is 1. The number of aromatic nitrogens is 2.